The van der Waals surface area contributed by atoms with Gasteiger partial charge in [0, 0.05) is 45.6 Å². The van der Waals surface area contributed by atoms with Crippen LogP contribution in [0.3, 0.4) is 0 Å². The Morgan fingerprint density at radius 3 is 2.13 bits per heavy atom. The van der Waals surface area contributed by atoms with Crippen molar-refractivity contribution in [2.45, 2.75) is 89.9 Å². The van der Waals surface area contributed by atoms with E-state index in [2.05, 4.69) is 6.07 Å². The van der Waals surface area contributed by atoms with Crippen LogP contribution in [0.5, 0.6) is 0 Å². The van der Waals surface area contributed by atoms with Crippen LogP contribution < -0.4 is 5.73 Å². The zero-order chi connectivity index (χ0) is 34.6. The van der Waals surface area contributed by atoms with E-state index in [4.69, 9.17) is 5.73 Å². The summed E-state index contributed by atoms with van der Waals surface area (Å²) < 4.78 is 0. The number of nitrogens with zero attached hydrogens (tertiary/aromatic N) is 3. The molecule has 0 aromatic heterocycles. The Bertz CT molecular complexity index is 1480. The molecule has 0 aliphatic carbocycles. The summed E-state index contributed by atoms with van der Waals surface area (Å²) in [5.74, 6) is -0.761. The van der Waals surface area contributed by atoms with Crippen molar-refractivity contribution in [2.75, 3.05) is 27.2 Å². The van der Waals surface area contributed by atoms with Crippen molar-refractivity contribution in [3.63, 3.8) is 0 Å². The van der Waals surface area contributed by atoms with Crippen molar-refractivity contribution < 1.29 is 19.5 Å². The first-order chi connectivity index (χ1) is 22.5. The maximum atomic E-state index is 14.5. The van der Waals surface area contributed by atoms with Crippen molar-refractivity contribution in [1.29, 1.82) is 0 Å². The lowest BCUT2D eigenvalue weighted by molar-refractivity contribution is -0.150. The number of rotatable bonds is 12. The van der Waals surface area contributed by atoms with Crippen molar-refractivity contribution in [2.24, 2.45) is 5.73 Å². The monoisotopic (exact) mass is 642 g/mol. The lowest BCUT2D eigenvalue weighted by Gasteiger charge is -2.38. The molecule has 1 fully saturated rings. The van der Waals surface area contributed by atoms with Crippen LogP contribution >= 0.6 is 0 Å². The molecule has 47 heavy (non-hydrogen) atoms. The van der Waals surface area contributed by atoms with Gasteiger partial charge in [-0.25, -0.2) is 0 Å². The van der Waals surface area contributed by atoms with E-state index in [1.807, 2.05) is 94.4 Å². The van der Waals surface area contributed by atoms with Gasteiger partial charge in [0.2, 0.25) is 17.7 Å². The number of carbonyl (C=O) groups excluding carboxylic acids is 3. The average Bonchev–Trinajstić information content (AvgIpc) is 3.09. The number of hydrogen-bond acceptors (Lipinski definition) is 5. The van der Waals surface area contributed by atoms with Crippen LogP contribution in [-0.2, 0) is 27.2 Å². The number of benzene rings is 3. The highest BCUT2D eigenvalue weighted by molar-refractivity contribution is 5.95. The standard InChI is InChI=1S/C37H48N4O4.C2H6/c1-5-37(2,38)21-11-16-34(43)39(3)32(26-28-17-18-29-14-9-10-15-30(29)24-28)35(44)40(4)33(25-27-12-7-6-8-13-27)36(45)41-22-19-31(42)20-23-41;1-2/h6-18,24,31-33,42H,5,19-23,25-26,38H2,1-4H3;1-2H3/b16-11+;/t32-,33-,37?;/m1./s1. The van der Waals surface area contributed by atoms with Crippen LogP contribution in [0.15, 0.2) is 84.9 Å². The second-order valence-electron chi connectivity index (χ2n) is 12.7. The second kappa shape index (κ2) is 17.8. The van der Waals surface area contributed by atoms with E-state index in [0.717, 1.165) is 28.3 Å². The fourth-order valence-electron chi connectivity index (χ4n) is 5.74. The van der Waals surface area contributed by atoms with Crippen molar-refractivity contribution >= 4 is 28.5 Å². The quantitative estimate of drug-likeness (QED) is 0.259. The minimum Gasteiger partial charge on any atom is -0.393 e. The van der Waals surface area contributed by atoms with E-state index < -0.39 is 23.7 Å². The summed E-state index contributed by atoms with van der Waals surface area (Å²) in [5, 5.41) is 12.2. The van der Waals surface area contributed by atoms with Gasteiger partial charge in [-0.3, -0.25) is 14.4 Å². The van der Waals surface area contributed by atoms with Crippen LogP contribution in [0.2, 0.25) is 0 Å². The van der Waals surface area contributed by atoms with Gasteiger partial charge in [-0.15, -0.1) is 0 Å². The lowest BCUT2D eigenvalue weighted by Crippen LogP contribution is -2.57. The van der Waals surface area contributed by atoms with Gasteiger partial charge >= 0.3 is 0 Å². The average molecular weight is 643 g/mol. The van der Waals surface area contributed by atoms with E-state index in [-0.39, 0.29) is 24.1 Å². The number of amides is 3. The lowest BCUT2D eigenvalue weighted by atomic mass is 9.96. The third-order valence-electron chi connectivity index (χ3n) is 9.14. The molecule has 8 heteroatoms. The normalized spacial score (nSPS) is 16.1. The summed E-state index contributed by atoms with van der Waals surface area (Å²) in [5.41, 5.74) is 7.71. The smallest absolute Gasteiger partial charge is 0.246 e. The SMILES string of the molecule is CC.CCC(C)(N)C/C=C/C(=O)N(C)[C@H](Cc1ccc2ccccc2c1)C(=O)N(C)[C@H](Cc1ccccc1)C(=O)N1CCC(O)CC1. The molecule has 0 bridgehead atoms. The predicted octanol–water partition coefficient (Wildman–Crippen LogP) is 5.36. The highest BCUT2D eigenvalue weighted by atomic mass is 16.3. The van der Waals surface area contributed by atoms with Gasteiger partial charge in [-0.2, -0.15) is 0 Å². The molecule has 254 valence electrons. The number of likely N-dealkylation sites (tertiary alicyclic amines) is 1. The fourth-order valence-corrected chi connectivity index (χ4v) is 5.74. The summed E-state index contributed by atoms with van der Waals surface area (Å²) in [6.07, 6.45) is 5.79. The molecule has 3 aromatic rings. The minimum absolute atomic E-state index is 0.151. The molecule has 0 spiro atoms. The molecule has 8 nitrogen and oxygen atoms in total. The number of likely N-dealkylation sites (N-methyl/N-ethyl adjacent to an activating group) is 2. The third-order valence-corrected chi connectivity index (χ3v) is 9.14. The van der Waals surface area contributed by atoms with E-state index >= 15 is 0 Å². The van der Waals surface area contributed by atoms with Crippen LogP contribution in [0.4, 0.5) is 0 Å². The molecule has 0 radical (unpaired) electrons. The van der Waals surface area contributed by atoms with Gasteiger partial charge in [0.05, 0.1) is 6.10 Å². The number of aliphatic hydroxyl groups is 1. The van der Waals surface area contributed by atoms with Crippen molar-refractivity contribution in [3.05, 3.63) is 96.1 Å². The molecule has 1 heterocycles. The Morgan fingerprint density at radius 1 is 0.894 bits per heavy atom. The zero-order valence-corrected chi connectivity index (χ0v) is 29.1. The molecular weight excluding hydrogens is 588 g/mol. The largest absolute Gasteiger partial charge is 0.393 e. The number of aliphatic hydroxyl groups excluding tert-OH is 1. The summed E-state index contributed by atoms with van der Waals surface area (Å²) in [6, 6.07) is 22.1. The third kappa shape index (κ3) is 10.5. The Balaban J connectivity index is 0.00000294. The molecule has 3 amide bonds. The Kier molecular flexibility index (Phi) is 14.2. The maximum Gasteiger partial charge on any atom is 0.246 e. The van der Waals surface area contributed by atoms with E-state index in [1.54, 1.807) is 25.1 Å². The van der Waals surface area contributed by atoms with Gasteiger partial charge in [-0.05, 0) is 60.6 Å². The summed E-state index contributed by atoms with van der Waals surface area (Å²) >= 11 is 0. The van der Waals surface area contributed by atoms with E-state index in [9.17, 15) is 19.5 Å². The maximum absolute atomic E-state index is 14.5. The fraction of sp³-hybridized carbons (Fsp3) is 0.462. The molecule has 3 atom stereocenters. The van der Waals surface area contributed by atoms with Gasteiger partial charge in [-0.1, -0.05) is 99.6 Å². The molecule has 3 N–H and O–H groups in total. The summed E-state index contributed by atoms with van der Waals surface area (Å²) in [4.78, 5) is 46.7. The first-order valence-electron chi connectivity index (χ1n) is 17.0. The predicted molar refractivity (Wildman–Crippen MR) is 191 cm³/mol. The van der Waals surface area contributed by atoms with Crippen molar-refractivity contribution in [3.8, 4) is 0 Å². The molecule has 1 aliphatic rings. The Labute approximate surface area is 281 Å². The number of piperidine rings is 1. The Hall–Kier alpha value is -4.01. The van der Waals surface area contributed by atoms with E-state index in [0.29, 0.717) is 38.8 Å². The number of fused-ring (bicyclic) bond motifs is 1. The summed E-state index contributed by atoms with van der Waals surface area (Å²) in [7, 11) is 3.31. The molecular formula is C39H54N4O4. The summed E-state index contributed by atoms with van der Waals surface area (Å²) in [6.45, 7) is 8.83. The highest BCUT2D eigenvalue weighted by Gasteiger charge is 2.37. The van der Waals surface area contributed by atoms with Gasteiger partial charge < -0.3 is 25.5 Å². The van der Waals surface area contributed by atoms with Gasteiger partial charge in [0.25, 0.3) is 0 Å². The molecule has 3 aromatic carbocycles. The molecule has 1 unspecified atom stereocenters. The van der Waals surface area contributed by atoms with E-state index in [1.165, 1.54) is 15.9 Å². The van der Waals surface area contributed by atoms with Gasteiger partial charge in [0.1, 0.15) is 12.1 Å². The van der Waals surface area contributed by atoms with Crippen LogP contribution in [0, 0.1) is 0 Å². The van der Waals surface area contributed by atoms with Crippen LogP contribution in [0.1, 0.15) is 64.5 Å². The Morgan fingerprint density at radius 2 is 1.49 bits per heavy atom. The number of carbonyl (C=O) groups is 3. The number of nitrogens with two attached hydrogens (primary N) is 1. The molecule has 1 saturated heterocycles. The molecule has 0 saturated carbocycles. The molecule has 1 aliphatic heterocycles. The second-order valence-corrected chi connectivity index (χ2v) is 12.7. The number of hydrogen-bond donors (Lipinski definition) is 2. The van der Waals surface area contributed by atoms with Crippen LogP contribution in [0.25, 0.3) is 10.8 Å². The first-order valence-corrected chi connectivity index (χ1v) is 17.0. The highest BCUT2D eigenvalue weighted by Crippen LogP contribution is 2.22. The molecule has 4 rings (SSSR count). The first kappa shape index (κ1) is 37.4. The van der Waals surface area contributed by atoms with Gasteiger partial charge in [0.15, 0.2) is 0 Å². The topological polar surface area (TPSA) is 107 Å². The zero-order valence-electron chi connectivity index (χ0n) is 29.1. The van der Waals surface area contributed by atoms with Crippen molar-refractivity contribution in [1.82, 2.24) is 14.7 Å². The van der Waals surface area contributed by atoms with Crippen LogP contribution in [-0.4, -0.2) is 88.4 Å². The minimum atomic E-state index is -0.849.